The average Bonchev–Trinajstić information content (AvgIpc) is 3.09. The lowest BCUT2D eigenvalue weighted by atomic mass is 10.0. The smallest absolute Gasteiger partial charge is 0.368 e. The first kappa shape index (κ1) is 21.6. The van der Waals surface area contributed by atoms with Crippen molar-refractivity contribution >= 4 is 50.8 Å². The Morgan fingerprint density at radius 2 is 1.77 bits per heavy atom. The zero-order valence-electron chi connectivity index (χ0n) is 16.4. The van der Waals surface area contributed by atoms with Gasteiger partial charge in [-0.05, 0) is 35.9 Å². The molecule has 0 radical (unpaired) electrons. The molecule has 0 saturated heterocycles. The molecule has 0 aromatic heterocycles. The quantitative estimate of drug-likeness (QED) is 0.399. The number of benzene rings is 2. The third-order valence-corrected chi connectivity index (χ3v) is 5.93. The van der Waals surface area contributed by atoms with E-state index in [-0.39, 0.29) is 0 Å². The lowest BCUT2D eigenvalue weighted by Crippen LogP contribution is -2.13. The van der Waals surface area contributed by atoms with E-state index in [1.807, 2.05) is 49.3 Å². The molecule has 2 aromatic carbocycles. The van der Waals surface area contributed by atoms with Crippen molar-refractivity contribution in [3.63, 3.8) is 0 Å². The number of carbonyl (C=O) groups is 1. The summed E-state index contributed by atoms with van der Waals surface area (Å²) in [5.74, 6) is -0.551. The average molecular weight is 446 g/mol. The molecule has 0 spiro atoms. The lowest BCUT2D eigenvalue weighted by Gasteiger charge is -2.11. The van der Waals surface area contributed by atoms with Crippen molar-refractivity contribution in [1.29, 1.82) is 0 Å². The van der Waals surface area contributed by atoms with Crippen LogP contribution in [0.5, 0.6) is 0 Å². The van der Waals surface area contributed by atoms with E-state index in [1.54, 1.807) is 36.4 Å². The highest BCUT2D eigenvalue weighted by Crippen LogP contribution is 2.21. The van der Waals surface area contributed by atoms with Crippen molar-refractivity contribution in [3.8, 4) is 0 Å². The van der Waals surface area contributed by atoms with E-state index >= 15 is 0 Å². The van der Waals surface area contributed by atoms with Crippen LogP contribution in [0.4, 0.5) is 11.4 Å². The standard InChI is InChI=1S/C21H20ClN3O4S/c1-25(2)18-12-6-15(7-13-18)4-3-5-19-20(23-29-21(19)26)16-8-10-17(11-9-16)24-30(27,28)14-22/h3-13,24H,14H2,1-2H3. The summed E-state index contributed by atoms with van der Waals surface area (Å²) in [7, 11) is 0.360. The molecule has 156 valence electrons. The van der Waals surface area contributed by atoms with Crippen molar-refractivity contribution in [2.24, 2.45) is 5.16 Å². The number of halogens is 1. The van der Waals surface area contributed by atoms with E-state index in [1.165, 1.54) is 0 Å². The summed E-state index contributed by atoms with van der Waals surface area (Å²) in [4.78, 5) is 18.9. The Hall–Kier alpha value is -3.10. The summed E-state index contributed by atoms with van der Waals surface area (Å²) in [6.45, 7) is 0. The number of carbonyl (C=O) groups excluding carboxylic acids is 1. The fraction of sp³-hybridized carbons (Fsp3) is 0.143. The molecule has 1 aliphatic rings. The summed E-state index contributed by atoms with van der Waals surface area (Å²) in [6.07, 6.45) is 5.27. The largest absolute Gasteiger partial charge is 0.378 e. The van der Waals surface area contributed by atoms with E-state index in [4.69, 9.17) is 16.4 Å². The molecule has 9 heteroatoms. The molecule has 0 amide bonds. The van der Waals surface area contributed by atoms with Crippen LogP contribution in [0.15, 0.2) is 71.4 Å². The molecule has 2 aromatic rings. The van der Waals surface area contributed by atoms with Crippen LogP contribution < -0.4 is 9.62 Å². The molecule has 3 rings (SSSR count). The van der Waals surface area contributed by atoms with Gasteiger partial charge in [-0.15, -0.1) is 11.6 Å². The number of sulfonamides is 1. The number of nitrogens with one attached hydrogen (secondary N) is 1. The van der Waals surface area contributed by atoms with Gasteiger partial charge in [0.1, 0.15) is 10.9 Å². The van der Waals surface area contributed by atoms with Crippen molar-refractivity contribution in [1.82, 2.24) is 0 Å². The molecule has 0 fully saturated rings. The van der Waals surface area contributed by atoms with Gasteiger partial charge >= 0.3 is 5.97 Å². The highest BCUT2D eigenvalue weighted by Gasteiger charge is 2.26. The Bertz CT molecular complexity index is 1120. The van der Waals surface area contributed by atoms with Crippen molar-refractivity contribution in [2.75, 3.05) is 28.9 Å². The number of hydrogen-bond acceptors (Lipinski definition) is 6. The number of rotatable bonds is 7. The molecule has 1 heterocycles. The highest BCUT2D eigenvalue weighted by molar-refractivity contribution is 7.93. The van der Waals surface area contributed by atoms with Crippen LogP contribution in [0, 0.1) is 0 Å². The van der Waals surface area contributed by atoms with Gasteiger partial charge in [-0.25, -0.2) is 13.2 Å². The van der Waals surface area contributed by atoms with Crippen LogP contribution in [0.25, 0.3) is 6.08 Å². The monoisotopic (exact) mass is 445 g/mol. The van der Waals surface area contributed by atoms with Crippen LogP contribution in [-0.4, -0.2) is 39.4 Å². The van der Waals surface area contributed by atoms with Gasteiger partial charge in [0.05, 0.1) is 5.57 Å². The van der Waals surface area contributed by atoms with Crippen LogP contribution in [0.3, 0.4) is 0 Å². The number of allylic oxidation sites excluding steroid dienone is 2. The van der Waals surface area contributed by atoms with Gasteiger partial charge in [0.25, 0.3) is 0 Å². The van der Waals surface area contributed by atoms with Crippen molar-refractivity contribution in [3.05, 3.63) is 77.4 Å². The van der Waals surface area contributed by atoms with Crippen molar-refractivity contribution < 1.29 is 18.0 Å². The number of nitrogens with zero attached hydrogens (tertiary/aromatic N) is 2. The summed E-state index contributed by atoms with van der Waals surface area (Å²) >= 11 is 5.39. The van der Waals surface area contributed by atoms with E-state index < -0.39 is 21.2 Å². The second-order valence-electron chi connectivity index (χ2n) is 6.65. The maximum atomic E-state index is 12.1. The van der Waals surface area contributed by atoms with Gasteiger partial charge in [-0.2, -0.15) is 0 Å². The first-order valence-electron chi connectivity index (χ1n) is 8.91. The first-order chi connectivity index (χ1) is 14.3. The van der Waals surface area contributed by atoms with Gasteiger partial charge in [0.15, 0.2) is 0 Å². The highest BCUT2D eigenvalue weighted by atomic mass is 35.5. The molecule has 0 bridgehead atoms. The zero-order valence-corrected chi connectivity index (χ0v) is 17.9. The van der Waals surface area contributed by atoms with Gasteiger partial charge < -0.3 is 9.74 Å². The molecular weight excluding hydrogens is 426 g/mol. The molecule has 7 nitrogen and oxygen atoms in total. The third-order valence-electron chi connectivity index (χ3n) is 4.23. The minimum atomic E-state index is -3.59. The number of hydrogen-bond donors (Lipinski definition) is 1. The van der Waals surface area contributed by atoms with E-state index in [0.717, 1.165) is 11.3 Å². The number of oxime groups is 1. The maximum Gasteiger partial charge on any atom is 0.368 e. The predicted octanol–water partition coefficient (Wildman–Crippen LogP) is 3.59. The van der Waals surface area contributed by atoms with Crippen LogP contribution in [0.2, 0.25) is 0 Å². The molecule has 0 aliphatic carbocycles. The fourth-order valence-electron chi connectivity index (χ4n) is 2.68. The van der Waals surface area contributed by atoms with Gasteiger partial charge in [0, 0.05) is 31.0 Å². The minimum Gasteiger partial charge on any atom is -0.378 e. The molecule has 1 N–H and O–H groups in total. The summed E-state index contributed by atoms with van der Waals surface area (Å²) in [6, 6.07) is 14.4. The zero-order chi connectivity index (χ0) is 21.7. The molecule has 30 heavy (non-hydrogen) atoms. The van der Waals surface area contributed by atoms with E-state index in [9.17, 15) is 13.2 Å². The van der Waals surface area contributed by atoms with Crippen LogP contribution >= 0.6 is 11.6 Å². The Labute approximate surface area is 180 Å². The first-order valence-corrected chi connectivity index (χ1v) is 11.1. The topological polar surface area (TPSA) is 88.1 Å². The summed E-state index contributed by atoms with van der Waals surface area (Å²) < 4.78 is 25.4. The van der Waals surface area contributed by atoms with Gasteiger partial charge in [0.2, 0.25) is 10.0 Å². The second-order valence-corrected chi connectivity index (χ2v) is 8.95. The van der Waals surface area contributed by atoms with Crippen LogP contribution in [0.1, 0.15) is 11.1 Å². The third kappa shape index (κ3) is 5.28. The molecular formula is C21H20ClN3O4S. The van der Waals surface area contributed by atoms with Crippen molar-refractivity contribution in [2.45, 2.75) is 0 Å². The molecule has 0 unspecified atom stereocenters. The number of anilines is 2. The number of alkyl halides is 1. The van der Waals surface area contributed by atoms with Gasteiger partial charge in [-0.3, -0.25) is 4.72 Å². The normalized spacial score (nSPS) is 15.4. The fourth-order valence-corrected chi connectivity index (χ4v) is 3.39. The summed E-state index contributed by atoms with van der Waals surface area (Å²) in [5, 5.41) is 3.30. The van der Waals surface area contributed by atoms with Gasteiger partial charge in [-0.1, -0.05) is 41.6 Å². The van der Waals surface area contributed by atoms with E-state index in [2.05, 4.69) is 9.88 Å². The Morgan fingerprint density at radius 3 is 2.37 bits per heavy atom. The van der Waals surface area contributed by atoms with E-state index in [0.29, 0.717) is 22.5 Å². The molecule has 0 saturated carbocycles. The summed E-state index contributed by atoms with van der Waals surface area (Å²) in [5.41, 5.74) is 3.74. The second kappa shape index (κ2) is 9.15. The lowest BCUT2D eigenvalue weighted by molar-refractivity contribution is -0.136. The predicted molar refractivity (Wildman–Crippen MR) is 120 cm³/mol. The minimum absolute atomic E-state index is 0.310. The maximum absolute atomic E-state index is 12.1. The Morgan fingerprint density at radius 1 is 1.10 bits per heavy atom. The Balaban J connectivity index is 1.76. The SMILES string of the molecule is CN(C)c1ccc(C=CC=C2C(=O)ON=C2c2ccc(NS(=O)(=O)CCl)cc2)cc1. The molecule has 1 aliphatic heterocycles. The molecule has 0 atom stereocenters. The Kier molecular flexibility index (Phi) is 6.59. The van der Waals surface area contributed by atoms with Crippen LogP contribution in [-0.2, 0) is 19.7 Å².